The largest absolute Gasteiger partial charge is 0.349 e. The van der Waals surface area contributed by atoms with E-state index in [1.54, 1.807) is 0 Å². The Bertz CT molecular complexity index is 325. The van der Waals surface area contributed by atoms with E-state index in [-0.39, 0.29) is 5.91 Å². The van der Waals surface area contributed by atoms with Gasteiger partial charge in [-0.1, -0.05) is 17.7 Å². The van der Waals surface area contributed by atoms with Crippen molar-refractivity contribution in [3.05, 3.63) is 35.4 Å². The second-order valence-electron chi connectivity index (χ2n) is 3.97. The van der Waals surface area contributed by atoms with Crippen molar-refractivity contribution < 1.29 is 4.79 Å². The first-order valence-corrected chi connectivity index (χ1v) is 5.13. The molecule has 0 aliphatic heterocycles. The second-order valence-corrected chi connectivity index (χ2v) is 3.97. The molecule has 1 amide bonds. The minimum Gasteiger partial charge on any atom is -0.349 e. The minimum absolute atomic E-state index is 0.0645. The summed E-state index contributed by atoms with van der Waals surface area (Å²) in [5.41, 5.74) is 1.95. The number of hydrogen-bond acceptors (Lipinski definition) is 1. The van der Waals surface area contributed by atoms with E-state index in [1.165, 1.54) is 12.0 Å². The first-order valence-electron chi connectivity index (χ1n) is 5.13. The summed E-state index contributed by atoms with van der Waals surface area (Å²) in [6, 6.07) is 8.11. The van der Waals surface area contributed by atoms with Gasteiger partial charge < -0.3 is 5.32 Å². The van der Waals surface area contributed by atoms with E-state index in [0.717, 1.165) is 18.4 Å². The summed E-state index contributed by atoms with van der Waals surface area (Å²) in [4.78, 5) is 11.6. The van der Waals surface area contributed by atoms with Crippen molar-refractivity contribution in [3.8, 4) is 0 Å². The van der Waals surface area contributed by atoms with E-state index in [0.29, 0.717) is 6.04 Å². The van der Waals surface area contributed by atoms with Crippen LogP contribution in [0.3, 0.4) is 0 Å². The summed E-state index contributed by atoms with van der Waals surface area (Å²) >= 11 is 0. The summed E-state index contributed by atoms with van der Waals surface area (Å²) in [6.07, 6.45) is 3.52. The van der Waals surface area contributed by atoms with Crippen molar-refractivity contribution in [2.45, 2.75) is 32.2 Å². The zero-order valence-corrected chi connectivity index (χ0v) is 8.42. The average molecular weight is 189 g/mol. The average Bonchev–Trinajstić information content (AvgIpc) is 2.12. The SMILES string of the molecule is Cc1ccc(C(=O)NC2CCC2)cc1. The molecule has 1 aliphatic carbocycles. The molecular formula is C12H15NO. The fourth-order valence-corrected chi connectivity index (χ4v) is 1.53. The maximum Gasteiger partial charge on any atom is 0.251 e. The van der Waals surface area contributed by atoms with Crippen LogP contribution in [-0.4, -0.2) is 11.9 Å². The van der Waals surface area contributed by atoms with Crippen molar-refractivity contribution in [3.63, 3.8) is 0 Å². The Morgan fingerprint density at radius 1 is 1.29 bits per heavy atom. The summed E-state index contributed by atoms with van der Waals surface area (Å²) in [5, 5.41) is 3.01. The first kappa shape index (κ1) is 9.25. The molecule has 2 heteroatoms. The van der Waals surface area contributed by atoms with Crippen molar-refractivity contribution in [1.82, 2.24) is 5.32 Å². The summed E-state index contributed by atoms with van der Waals surface area (Å²) < 4.78 is 0. The fourth-order valence-electron chi connectivity index (χ4n) is 1.53. The molecule has 74 valence electrons. The number of amides is 1. The second kappa shape index (κ2) is 3.82. The number of carbonyl (C=O) groups excluding carboxylic acids is 1. The summed E-state index contributed by atoms with van der Waals surface area (Å²) in [6.45, 7) is 2.02. The van der Waals surface area contributed by atoms with Gasteiger partial charge in [0.1, 0.15) is 0 Å². The number of hydrogen-bond donors (Lipinski definition) is 1. The molecule has 1 saturated carbocycles. The lowest BCUT2D eigenvalue weighted by molar-refractivity contribution is 0.0917. The van der Waals surface area contributed by atoms with Crippen LogP contribution in [-0.2, 0) is 0 Å². The lowest BCUT2D eigenvalue weighted by Gasteiger charge is -2.26. The highest BCUT2D eigenvalue weighted by Crippen LogP contribution is 2.18. The van der Waals surface area contributed by atoms with Crippen molar-refractivity contribution in [2.24, 2.45) is 0 Å². The van der Waals surface area contributed by atoms with Crippen molar-refractivity contribution in [2.75, 3.05) is 0 Å². The van der Waals surface area contributed by atoms with E-state index in [4.69, 9.17) is 0 Å². The molecular weight excluding hydrogens is 174 g/mol. The monoisotopic (exact) mass is 189 g/mol. The minimum atomic E-state index is 0.0645. The summed E-state index contributed by atoms with van der Waals surface area (Å²) in [5.74, 6) is 0.0645. The number of carbonyl (C=O) groups is 1. The fraction of sp³-hybridized carbons (Fsp3) is 0.417. The maximum atomic E-state index is 11.6. The van der Waals surface area contributed by atoms with E-state index >= 15 is 0 Å². The smallest absolute Gasteiger partial charge is 0.251 e. The lowest BCUT2D eigenvalue weighted by atomic mass is 9.93. The Kier molecular flexibility index (Phi) is 2.53. The van der Waals surface area contributed by atoms with E-state index < -0.39 is 0 Å². The molecule has 1 aliphatic rings. The van der Waals surface area contributed by atoms with Crippen LogP contribution in [0, 0.1) is 6.92 Å². The van der Waals surface area contributed by atoms with Gasteiger partial charge in [0.25, 0.3) is 5.91 Å². The third kappa shape index (κ3) is 1.95. The molecule has 0 spiro atoms. The van der Waals surface area contributed by atoms with Crippen LogP contribution >= 0.6 is 0 Å². The van der Waals surface area contributed by atoms with Gasteiger partial charge in [-0.15, -0.1) is 0 Å². The van der Waals surface area contributed by atoms with Crippen LogP contribution in [0.5, 0.6) is 0 Å². The van der Waals surface area contributed by atoms with Gasteiger partial charge >= 0.3 is 0 Å². The van der Waals surface area contributed by atoms with Gasteiger partial charge in [0.15, 0.2) is 0 Å². The molecule has 0 atom stereocenters. The van der Waals surface area contributed by atoms with Gasteiger partial charge in [0.2, 0.25) is 0 Å². The standard InChI is InChI=1S/C12H15NO/c1-9-5-7-10(8-6-9)12(14)13-11-3-2-4-11/h5-8,11H,2-4H2,1H3,(H,13,14). The number of nitrogens with one attached hydrogen (secondary N) is 1. The van der Waals surface area contributed by atoms with Crippen LogP contribution in [0.2, 0.25) is 0 Å². The molecule has 0 heterocycles. The Balaban J connectivity index is 1.99. The Morgan fingerprint density at radius 2 is 1.93 bits per heavy atom. The zero-order chi connectivity index (χ0) is 9.97. The lowest BCUT2D eigenvalue weighted by Crippen LogP contribution is -2.39. The number of aryl methyl sites for hydroxylation is 1. The first-order chi connectivity index (χ1) is 6.75. The van der Waals surface area contributed by atoms with Gasteiger partial charge in [-0.25, -0.2) is 0 Å². The predicted octanol–water partition coefficient (Wildman–Crippen LogP) is 2.28. The third-order valence-corrected chi connectivity index (χ3v) is 2.75. The van der Waals surface area contributed by atoms with E-state index in [2.05, 4.69) is 5.32 Å². The van der Waals surface area contributed by atoms with E-state index in [9.17, 15) is 4.79 Å². The highest BCUT2D eigenvalue weighted by Gasteiger charge is 2.19. The molecule has 2 nitrogen and oxygen atoms in total. The molecule has 1 aromatic carbocycles. The van der Waals surface area contributed by atoms with Crippen LogP contribution < -0.4 is 5.32 Å². The van der Waals surface area contributed by atoms with E-state index in [1.807, 2.05) is 31.2 Å². The molecule has 1 N–H and O–H groups in total. The third-order valence-electron chi connectivity index (χ3n) is 2.75. The van der Waals surface area contributed by atoms with Crippen LogP contribution in [0.25, 0.3) is 0 Å². The molecule has 1 fully saturated rings. The highest BCUT2D eigenvalue weighted by atomic mass is 16.1. The van der Waals surface area contributed by atoms with Crippen LogP contribution in [0.4, 0.5) is 0 Å². The Hall–Kier alpha value is -1.31. The molecule has 0 radical (unpaired) electrons. The molecule has 14 heavy (non-hydrogen) atoms. The molecule has 0 bridgehead atoms. The molecule has 1 aromatic rings. The maximum absolute atomic E-state index is 11.6. The van der Waals surface area contributed by atoms with Gasteiger partial charge in [-0.05, 0) is 38.3 Å². The molecule has 0 saturated heterocycles. The van der Waals surface area contributed by atoms with Crippen molar-refractivity contribution >= 4 is 5.91 Å². The van der Waals surface area contributed by atoms with Gasteiger partial charge in [0, 0.05) is 11.6 Å². The molecule has 2 rings (SSSR count). The van der Waals surface area contributed by atoms with Crippen molar-refractivity contribution in [1.29, 1.82) is 0 Å². The number of benzene rings is 1. The van der Waals surface area contributed by atoms with Gasteiger partial charge in [0.05, 0.1) is 0 Å². The summed E-state index contributed by atoms with van der Waals surface area (Å²) in [7, 11) is 0. The normalized spacial score (nSPS) is 16.1. The van der Waals surface area contributed by atoms with Crippen LogP contribution in [0.1, 0.15) is 35.2 Å². The zero-order valence-electron chi connectivity index (χ0n) is 8.42. The molecule has 0 aromatic heterocycles. The molecule has 0 unspecified atom stereocenters. The Morgan fingerprint density at radius 3 is 2.43 bits per heavy atom. The highest BCUT2D eigenvalue weighted by molar-refractivity contribution is 5.94. The van der Waals surface area contributed by atoms with Gasteiger partial charge in [-0.2, -0.15) is 0 Å². The topological polar surface area (TPSA) is 29.1 Å². The number of rotatable bonds is 2. The quantitative estimate of drug-likeness (QED) is 0.759. The van der Waals surface area contributed by atoms with Gasteiger partial charge in [-0.3, -0.25) is 4.79 Å². The predicted molar refractivity (Wildman–Crippen MR) is 56.3 cm³/mol. The Labute approximate surface area is 84.3 Å². The van der Waals surface area contributed by atoms with Crippen LogP contribution in [0.15, 0.2) is 24.3 Å².